The molecule has 1 fully saturated rings. The van der Waals surface area contributed by atoms with Crippen LogP contribution in [-0.4, -0.2) is 23.0 Å². The van der Waals surface area contributed by atoms with Crippen molar-refractivity contribution in [1.82, 2.24) is 5.32 Å². The van der Waals surface area contributed by atoms with Crippen molar-refractivity contribution in [2.24, 2.45) is 10.9 Å². The van der Waals surface area contributed by atoms with Crippen molar-refractivity contribution in [1.29, 1.82) is 0 Å². The van der Waals surface area contributed by atoms with Crippen LogP contribution in [0.2, 0.25) is 0 Å². The lowest BCUT2D eigenvalue weighted by molar-refractivity contribution is 0.237. The molecule has 1 N–H and O–H groups in total. The van der Waals surface area contributed by atoms with E-state index in [0.29, 0.717) is 0 Å². The third-order valence-corrected chi connectivity index (χ3v) is 5.18. The fourth-order valence-electron chi connectivity index (χ4n) is 3.28. The summed E-state index contributed by atoms with van der Waals surface area (Å²) in [4.78, 5) is 5.78. The molecule has 1 aliphatic heterocycles. The van der Waals surface area contributed by atoms with Crippen molar-refractivity contribution in [3.05, 3.63) is 29.8 Å². The predicted octanol–water partition coefficient (Wildman–Crippen LogP) is 4.49. The molecular weight excluding hydrogens is 304 g/mol. The van der Waals surface area contributed by atoms with Crippen LogP contribution in [0.3, 0.4) is 0 Å². The molecule has 0 aromatic heterocycles. The van der Waals surface area contributed by atoms with E-state index in [1.54, 1.807) is 0 Å². The first-order valence-corrected chi connectivity index (χ1v) is 9.18. The smallest absolute Gasteiger partial charge is 0.131 e. The van der Waals surface area contributed by atoms with Gasteiger partial charge in [0, 0.05) is 5.56 Å². The Hall–Kier alpha value is -1.42. The Kier molecular flexibility index (Phi) is 5.00. The zero-order valence-electron chi connectivity index (χ0n) is 14.1. The molecule has 1 aromatic rings. The van der Waals surface area contributed by atoms with Gasteiger partial charge < -0.3 is 10.1 Å². The Bertz CT molecular complexity index is 586. The molecule has 0 saturated heterocycles. The van der Waals surface area contributed by atoms with Crippen molar-refractivity contribution in [3.8, 4) is 5.75 Å². The lowest BCUT2D eigenvalue weighted by Crippen LogP contribution is -2.44. The summed E-state index contributed by atoms with van der Waals surface area (Å²) in [6.07, 6.45) is 6.83. The highest BCUT2D eigenvalue weighted by molar-refractivity contribution is 7.82. The van der Waals surface area contributed by atoms with Crippen LogP contribution in [0.1, 0.15) is 57.9 Å². The summed E-state index contributed by atoms with van der Waals surface area (Å²) in [5, 5.41) is 3.49. The molecule has 124 valence electrons. The van der Waals surface area contributed by atoms with Crippen molar-refractivity contribution >= 4 is 22.9 Å². The zero-order chi connectivity index (χ0) is 16.3. The molecule has 0 amide bonds. The number of aliphatic imine (C=N–C) groups is 1. The van der Waals surface area contributed by atoms with Gasteiger partial charge >= 0.3 is 0 Å². The molecule has 3 rings (SSSR count). The SMILES string of the molecule is CCCCOc1ccc(C2=NC3(CCC(C)CC3)NC2=S)cc1. The van der Waals surface area contributed by atoms with E-state index in [2.05, 4.69) is 31.3 Å². The fraction of sp³-hybridized carbons (Fsp3) is 0.579. The van der Waals surface area contributed by atoms with Crippen LogP contribution < -0.4 is 10.1 Å². The molecule has 23 heavy (non-hydrogen) atoms. The topological polar surface area (TPSA) is 33.6 Å². The number of ether oxygens (including phenoxy) is 1. The van der Waals surface area contributed by atoms with Crippen molar-refractivity contribution in [2.45, 2.75) is 58.0 Å². The molecular formula is C19H26N2OS. The summed E-state index contributed by atoms with van der Waals surface area (Å²) in [7, 11) is 0. The maximum absolute atomic E-state index is 5.72. The molecule has 1 heterocycles. The van der Waals surface area contributed by atoms with Gasteiger partial charge in [-0.3, -0.25) is 4.99 Å². The van der Waals surface area contributed by atoms with E-state index in [4.69, 9.17) is 21.9 Å². The van der Waals surface area contributed by atoms with Gasteiger partial charge in [-0.2, -0.15) is 0 Å². The van der Waals surface area contributed by atoms with Gasteiger partial charge in [0.05, 0.1) is 6.61 Å². The van der Waals surface area contributed by atoms with Crippen molar-refractivity contribution < 1.29 is 4.74 Å². The zero-order valence-corrected chi connectivity index (χ0v) is 14.9. The second-order valence-electron chi connectivity index (χ2n) is 6.86. The molecule has 1 spiro atoms. The second-order valence-corrected chi connectivity index (χ2v) is 7.26. The van der Waals surface area contributed by atoms with Gasteiger partial charge in [0.1, 0.15) is 22.1 Å². The Morgan fingerprint density at radius 3 is 2.61 bits per heavy atom. The summed E-state index contributed by atoms with van der Waals surface area (Å²) in [5.74, 6) is 1.72. The quantitative estimate of drug-likeness (QED) is 0.638. The largest absolute Gasteiger partial charge is 0.494 e. The molecule has 2 aliphatic rings. The van der Waals surface area contributed by atoms with Crippen molar-refractivity contribution in [2.75, 3.05) is 6.61 Å². The Labute approximate surface area is 144 Å². The standard InChI is InChI=1S/C19H26N2OS/c1-3-4-13-22-16-7-5-15(6-8-16)17-18(23)21-19(20-17)11-9-14(2)10-12-19/h5-8,14H,3-4,9-13H2,1-2H3,(H,21,23). The minimum absolute atomic E-state index is 0.144. The van der Waals surface area contributed by atoms with Crippen LogP contribution in [0.15, 0.2) is 29.3 Å². The van der Waals surface area contributed by atoms with E-state index in [1.807, 2.05) is 12.1 Å². The van der Waals surface area contributed by atoms with E-state index >= 15 is 0 Å². The molecule has 0 radical (unpaired) electrons. The highest BCUT2D eigenvalue weighted by atomic mass is 32.1. The number of unbranched alkanes of at least 4 members (excludes halogenated alkanes) is 1. The molecule has 1 aliphatic carbocycles. The first kappa shape index (κ1) is 16.4. The molecule has 1 aromatic carbocycles. The Morgan fingerprint density at radius 2 is 1.96 bits per heavy atom. The number of thiocarbonyl (C=S) groups is 1. The van der Waals surface area contributed by atoms with E-state index < -0.39 is 0 Å². The predicted molar refractivity (Wildman–Crippen MR) is 99.5 cm³/mol. The Morgan fingerprint density at radius 1 is 1.26 bits per heavy atom. The lowest BCUT2D eigenvalue weighted by Gasteiger charge is -2.33. The summed E-state index contributed by atoms with van der Waals surface area (Å²) >= 11 is 5.55. The number of nitrogens with zero attached hydrogens (tertiary/aromatic N) is 1. The minimum atomic E-state index is -0.144. The van der Waals surface area contributed by atoms with Crippen LogP contribution >= 0.6 is 12.2 Å². The molecule has 1 saturated carbocycles. The van der Waals surface area contributed by atoms with E-state index in [1.165, 1.54) is 12.8 Å². The van der Waals surface area contributed by atoms with Crippen molar-refractivity contribution in [3.63, 3.8) is 0 Å². The van der Waals surface area contributed by atoms with Gasteiger partial charge in [-0.25, -0.2) is 0 Å². The highest BCUT2D eigenvalue weighted by Gasteiger charge is 2.39. The monoisotopic (exact) mass is 330 g/mol. The van der Waals surface area contributed by atoms with Gasteiger partial charge in [0.15, 0.2) is 0 Å². The normalized spacial score (nSPS) is 27.0. The fourth-order valence-corrected chi connectivity index (χ4v) is 3.63. The van der Waals surface area contributed by atoms with Gasteiger partial charge in [0.2, 0.25) is 0 Å². The summed E-state index contributed by atoms with van der Waals surface area (Å²) in [6.45, 7) is 5.26. The van der Waals surface area contributed by atoms with Gasteiger partial charge in [0.25, 0.3) is 0 Å². The molecule has 4 heteroatoms. The molecule has 0 unspecified atom stereocenters. The van der Waals surface area contributed by atoms with Crippen LogP contribution in [-0.2, 0) is 0 Å². The number of benzene rings is 1. The van der Waals surface area contributed by atoms with Gasteiger partial charge in [-0.05, 0) is 62.3 Å². The summed E-state index contributed by atoms with van der Waals surface area (Å²) in [5.41, 5.74) is 1.88. The summed E-state index contributed by atoms with van der Waals surface area (Å²) < 4.78 is 5.72. The van der Waals surface area contributed by atoms with E-state index in [-0.39, 0.29) is 5.66 Å². The van der Waals surface area contributed by atoms with Crippen LogP contribution in [0.5, 0.6) is 5.75 Å². The number of rotatable bonds is 5. The van der Waals surface area contributed by atoms with Crippen LogP contribution in [0, 0.1) is 5.92 Å². The first-order chi connectivity index (χ1) is 11.1. The average Bonchev–Trinajstić information content (AvgIpc) is 2.88. The van der Waals surface area contributed by atoms with Crippen LogP contribution in [0.25, 0.3) is 0 Å². The lowest BCUT2D eigenvalue weighted by atomic mass is 9.83. The van der Waals surface area contributed by atoms with E-state index in [0.717, 1.165) is 60.2 Å². The Balaban J connectivity index is 1.72. The number of nitrogens with one attached hydrogen (secondary N) is 1. The third kappa shape index (κ3) is 3.74. The third-order valence-electron chi connectivity index (χ3n) is 4.88. The van der Waals surface area contributed by atoms with Crippen LogP contribution in [0.4, 0.5) is 0 Å². The molecule has 3 nitrogen and oxygen atoms in total. The number of hydrogen-bond donors (Lipinski definition) is 1. The van der Waals surface area contributed by atoms with E-state index in [9.17, 15) is 0 Å². The minimum Gasteiger partial charge on any atom is -0.494 e. The van der Waals surface area contributed by atoms with Gasteiger partial charge in [-0.1, -0.05) is 32.5 Å². The number of hydrogen-bond acceptors (Lipinski definition) is 3. The maximum atomic E-state index is 5.72. The highest BCUT2D eigenvalue weighted by Crippen LogP contribution is 2.36. The second kappa shape index (κ2) is 7.00. The molecule has 0 atom stereocenters. The van der Waals surface area contributed by atoms with Gasteiger partial charge in [-0.15, -0.1) is 0 Å². The summed E-state index contributed by atoms with van der Waals surface area (Å²) in [6, 6.07) is 8.17. The molecule has 0 bridgehead atoms. The maximum Gasteiger partial charge on any atom is 0.131 e. The average molecular weight is 330 g/mol. The first-order valence-electron chi connectivity index (χ1n) is 8.77.